The van der Waals surface area contributed by atoms with Crippen molar-refractivity contribution in [1.82, 2.24) is 10.2 Å². The zero-order chi connectivity index (χ0) is 27.6. The lowest BCUT2D eigenvalue weighted by Gasteiger charge is -2.33. The van der Waals surface area contributed by atoms with E-state index in [0.717, 1.165) is 22.5 Å². The monoisotopic (exact) mass is 533 g/mol. The van der Waals surface area contributed by atoms with Crippen molar-refractivity contribution in [1.29, 1.82) is 0 Å². The minimum Gasteiger partial charge on any atom is -0.497 e. The van der Waals surface area contributed by atoms with Crippen molar-refractivity contribution in [2.75, 3.05) is 30.8 Å². The average molecular weight is 534 g/mol. The van der Waals surface area contributed by atoms with Crippen LogP contribution in [0.3, 0.4) is 0 Å². The number of amides is 2. The van der Waals surface area contributed by atoms with Gasteiger partial charge in [0, 0.05) is 12.6 Å². The Morgan fingerprint density at radius 2 is 1.65 bits per heavy atom. The highest BCUT2D eigenvalue weighted by atomic mass is 32.2. The molecule has 2 rings (SSSR count). The van der Waals surface area contributed by atoms with Gasteiger partial charge in [-0.3, -0.25) is 13.9 Å². The molecule has 2 atom stereocenters. The molecule has 9 nitrogen and oxygen atoms in total. The number of hydrogen-bond acceptors (Lipinski definition) is 6. The van der Waals surface area contributed by atoms with Crippen molar-refractivity contribution < 1.29 is 27.5 Å². The van der Waals surface area contributed by atoms with Crippen LogP contribution >= 0.6 is 0 Å². The first-order chi connectivity index (χ1) is 17.5. The number of anilines is 1. The molecule has 2 amide bonds. The zero-order valence-electron chi connectivity index (χ0n) is 22.6. The van der Waals surface area contributed by atoms with Crippen LogP contribution in [0.25, 0.3) is 0 Å². The van der Waals surface area contributed by atoms with Gasteiger partial charge in [-0.2, -0.15) is 0 Å². The molecule has 0 fully saturated rings. The van der Waals surface area contributed by atoms with Crippen molar-refractivity contribution in [2.24, 2.45) is 0 Å². The van der Waals surface area contributed by atoms with Gasteiger partial charge in [-0.25, -0.2) is 8.42 Å². The van der Waals surface area contributed by atoms with Crippen LogP contribution in [0.2, 0.25) is 0 Å². The molecule has 0 bridgehead atoms. The van der Waals surface area contributed by atoms with Gasteiger partial charge in [0.2, 0.25) is 21.8 Å². The van der Waals surface area contributed by atoms with E-state index in [0.29, 0.717) is 24.5 Å². The molecular weight excluding hydrogens is 494 g/mol. The number of carbonyl (C=O) groups is 2. The Hall–Kier alpha value is -3.27. The minimum absolute atomic E-state index is 0.0647. The molecule has 1 N–H and O–H groups in total. The normalized spacial score (nSPS) is 12.8. The van der Waals surface area contributed by atoms with Crippen LogP contribution < -0.4 is 19.1 Å². The van der Waals surface area contributed by atoms with Crippen molar-refractivity contribution in [2.45, 2.75) is 59.2 Å². The van der Waals surface area contributed by atoms with Gasteiger partial charge in [0.25, 0.3) is 0 Å². The molecule has 0 saturated carbocycles. The molecule has 2 aromatic carbocycles. The van der Waals surface area contributed by atoms with E-state index in [4.69, 9.17) is 9.47 Å². The van der Waals surface area contributed by atoms with Gasteiger partial charge in [0.05, 0.1) is 25.7 Å². The molecule has 0 aromatic heterocycles. The molecule has 0 aliphatic rings. The Morgan fingerprint density at radius 1 is 1.00 bits per heavy atom. The fraction of sp³-hybridized carbons (Fsp3) is 0.481. The van der Waals surface area contributed by atoms with Gasteiger partial charge in [-0.1, -0.05) is 38.1 Å². The van der Waals surface area contributed by atoms with Crippen molar-refractivity contribution in [3.63, 3.8) is 0 Å². The smallest absolute Gasteiger partial charge is 0.244 e. The number of sulfonamides is 1. The highest BCUT2D eigenvalue weighted by Gasteiger charge is 2.32. The number of nitrogens with zero attached hydrogens (tertiary/aromatic N) is 2. The fourth-order valence-electron chi connectivity index (χ4n) is 3.82. The maximum absolute atomic E-state index is 13.8. The second-order valence-electron chi connectivity index (χ2n) is 8.78. The quantitative estimate of drug-likeness (QED) is 0.398. The Kier molecular flexibility index (Phi) is 11.2. The molecule has 0 heterocycles. The third-order valence-corrected chi connectivity index (χ3v) is 7.14. The van der Waals surface area contributed by atoms with Gasteiger partial charge < -0.3 is 19.7 Å². The van der Waals surface area contributed by atoms with Gasteiger partial charge in [0.15, 0.2) is 0 Å². The molecular formula is C27H39N3O6S. The number of para-hydroxylation sites is 2. The number of rotatable bonds is 14. The summed E-state index contributed by atoms with van der Waals surface area (Å²) in [7, 11) is -2.29. The summed E-state index contributed by atoms with van der Waals surface area (Å²) < 4.78 is 37.6. The topological polar surface area (TPSA) is 105 Å². The number of benzene rings is 2. The molecule has 2 aromatic rings. The van der Waals surface area contributed by atoms with Crippen molar-refractivity contribution >= 4 is 27.5 Å². The molecule has 0 aliphatic carbocycles. The fourth-order valence-corrected chi connectivity index (χ4v) is 4.68. The van der Waals surface area contributed by atoms with Gasteiger partial charge in [-0.15, -0.1) is 0 Å². The van der Waals surface area contributed by atoms with E-state index in [1.54, 1.807) is 50.4 Å². The van der Waals surface area contributed by atoms with Crippen LogP contribution in [0.1, 0.15) is 46.1 Å². The van der Waals surface area contributed by atoms with E-state index in [1.165, 1.54) is 4.90 Å². The van der Waals surface area contributed by atoms with Crippen LogP contribution in [0.5, 0.6) is 11.5 Å². The van der Waals surface area contributed by atoms with Crippen LogP contribution in [0.15, 0.2) is 48.5 Å². The van der Waals surface area contributed by atoms with E-state index in [2.05, 4.69) is 5.32 Å². The molecule has 10 heteroatoms. The second-order valence-corrected chi connectivity index (χ2v) is 10.7. The first kappa shape index (κ1) is 30.0. The minimum atomic E-state index is -3.86. The summed E-state index contributed by atoms with van der Waals surface area (Å²) in [6.45, 7) is 7.47. The SMILES string of the molecule is CCOc1ccccc1N(CC(=O)N(Cc1ccc(OC)cc1)[C@@H](CC)C(=O)N[C@@H](C)CC)S(C)(=O)=O. The molecule has 0 radical (unpaired) electrons. The largest absolute Gasteiger partial charge is 0.497 e. The predicted molar refractivity (Wildman–Crippen MR) is 145 cm³/mol. The first-order valence-electron chi connectivity index (χ1n) is 12.5. The highest BCUT2D eigenvalue weighted by Crippen LogP contribution is 2.30. The third kappa shape index (κ3) is 8.38. The van der Waals surface area contributed by atoms with Crippen LogP contribution in [0.4, 0.5) is 5.69 Å². The summed E-state index contributed by atoms with van der Waals surface area (Å²) >= 11 is 0. The number of hydrogen-bond donors (Lipinski definition) is 1. The van der Waals surface area contributed by atoms with Gasteiger partial charge in [0.1, 0.15) is 24.1 Å². The Labute approximate surface area is 220 Å². The first-order valence-corrected chi connectivity index (χ1v) is 14.3. The third-order valence-electron chi connectivity index (χ3n) is 6.01. The van der Waals surface area contributed by atoms with Crippen molar-refractivity contribution in [3.05, 3.63) is 54.1 Å². The predicted octanol–water partition coefficient (Wildman–Crippen LogP) is 3.58. The maximum Gasteiger partial charge on any atom is 0.244 e. The van der Waals surface area contributed by atoms with E-state index < -0.39 is 28.5 Å². The molecule has 0 aliphatic heterocycles. The average Bonchev–Trinajstić information content (AvgIpc) is 2.87. The van der Waals surface area contributed by atoms with E-state index in [1.807, 2.05) is 32.9 Å². The van der Waals surface area contributed by atoms with E-state index in [9.17, 15) is 18.0 Å². The number of methoxy groups -OCH3 is 1. The van der Waals surface area contributed by atoms with Gasteiger partial charge >= 0.3 is 0 Å². The summed E-state index contributed by atoms with van der Waals surface area (Å²) in [4.78, 5) is 28.4. The summed E-state index contributed by atoms with van der Waals surface area (Å²) in [5, 5.41) is 2.96. The molecule has 0 saturated heterocycles. The van der Waals surface area contributed by atoms with Crippen LogP contribution in [0, 0.1) is 0 Å². The zero-order valence-corrected chi connectivity index (χ0v) is 23.4. The number of ether oxygens (including phenoxy) is 2. The summed E-state index contributed by atoms with van der Waals surface area (Å²) in [5.41, 5.74) is 1.05. The van der Waals surface area contributed by atoms with Crippen LogP contribution in [-0.2, 0) is 26.2 Å². The summed E-state index contributed by atoms with van der Waals surface area (Å²) in [6, 6.07) is 13.0. The Balaban J connectivity index is 2.48. The number of nitrogens with one attached hydrogen (secondary N) is 1. The Morgan fingerprint density at radius 3 is 2.19 bits per heavy atom. The highest BCUT2D eigenvalue weighted by molar-refractivity contribution is 7.92. The lowest BCUT2D eigenvalue weighted by molar-refractivity contribution is -0.140. The van der Waals surface area contributed by atoms with E-state index in [-0.39, 0.29) is 24.2 Å². The standard InChI is InChI=1S/C27H39N3O6S/c1-7-20(4)28-27(32)23(8-2)29(18-21-14-16-22(35-5)17-15-21)26(31)19-30(37(6,33)34)24-12-10-11-13-25(24)36-9-3/h10-17,20,23H,7-9,18-19H2,1-6H3,(H,28,32)/t20-,23-/m0/s1. The molecule has 0 unspecified atom stereocenters. The van der Waals surface area contributed by atoms with Crippen LogP contribution in [-0.4, -0.2) is 63.7 Å². The molecule has 37 heavy (non-hydrogen) atoms. The lowest BCUT2D eigenvalue weighted by atomic mass is 10.1. The Bertz CT molecular complexity index is 1140. The summed E-state index contributed by atoms with van der Waals surface area (Å²) in [5.74, 6) is 0.239. The molecule has 204 valence electrons. The maximum atomic E-state index is 13.8. The molecule has 0 spiro atoms. The summed E-state index contributed by atoms with van der Waals surface area (Å²) in [6.07, 6.45) is 2.15. The van der Waals surface area contributed by atoms with E-state index >= 15 is 0 Å². The second kappa shape index (κ2) is 13.9. The van der Waals surface area contributed by atoms with Crippen molar-refractivity contribution in [3.8, 4) is 11.5 Å². The van der Waals surface area contributed by atoms with Gasteiger partial charge in [-0.05, 0) is 56.5 Å². The number of carbonyl (C=O) groups excluding carboxylic acids is 2. The lowest BCUT2D eigenvalue weighted by Crippen LogP contribution is -2.53.